The van der Waals surface area contributed by atoms with Crippen molar-refractivity contribution in [3.05, 3.63) is 0 Å². The Labute approximate surface area is 59.2 Å². The molecule has 0 aliphatic heterocycles. The molecule has 9 heavy (non-hydrogen) atoms. The smallest absolute Gasteiger partial charge is 0.101 e. The van der Waals surface area contributed by atoms with Crippen molar-refractivity contribution in [3.63, 3.8) is 0 Å². The van der Waals surface area contributed by atoms with Crippen molar-refractivity contribution in [2.45, 2.75) is 39.1 Å². The van der Waals surface area contributed by atoms with Crippen LogP contribution in [-0.4, -0.2) is 20.1 Å². The number of hydrogen-bond donors (Lipinski definition) is 0. The lowest BCUT2D eigenvalue weighted by molar-refractivity contribution is -0.00228. The second-order valence-electron chi connectivity index (χ2n) is 3.31. The number of hydrogen-bond acceptors (Lipinski definition) is 1. The van der Waals surface area contributed by atoms with Gasteiger partial charge in [-0.2, -0.15) is 0 Å². The van der Waals surface area contributed by atoms with Gasteiger partial charge in [0, 0.05) is 6.61 Å². The molecule has 0 aromatic carbocycles. The highest BCUT2D eigenvalue weighted by atomic mass is 16.5. The van der Waals surface area contributed by atoms with Crippen LogP contribution in [-0.2, 0) is 4.74 Å². The van der Waals surface area contributed by atoms with Crippen molar-refractivity contribution in [3.8, 4) is 0 Å². The van der Waals surface area contributed by atoms with Crippen molar-refractivity contribution >= 4 is 7.85 Å². The summed E-state index contributed by atoms with van der Waals surface area (Å²) in [6.45, 7) is 7.16. The quantitative estimate of drug-likeness (QED) is 0.410. The van der Waals surface area contributed by atoms with E-state index in [9.17, 15) is 0 Å². The SMILES string of the molecule is BCCCOC(C)(C)C. The first-order valence-corrected chi connectivity index (χ1v) is 3.70. The summed E-state index contributed by atoms with van der Waals surface area (Å²) >= 11 is 0. The molecule has 0 atom stereocenters. The highest BCUT2D eigenvalue weighted by Crippen LogP contribution is 2.06. The van der Waals surface area contributed by atoms with E-state index >= 15 is 0 Å². The minimum atomic E-state index is 0.0508. The molecule has 0 amide bonds. The molecule has 0 saturated heterocycles. The fourth-order valence-electron chi connectivity index (χ4n) is 0.523. The van der Waals surface area contributed by atoms with Crippen molar-refractivity contribution in [2.75, 3.05) is 6.61 Å². The molecule has 0 unspecified atom stereocenters. The van der Waals surface area contributed by atoms with Gasteiger partial charge in [0.1, 0.15) is 7.85 Å². The molecule has 1 nitrogen and oxygen atoms in total. The molecule has 0 aromatic rings. The fourth-order valence-corrected chi connectivity index (χ4v) is 0.523. The van der Waals surface area contributed by atoms with E-state index in [1.807, 2.05) is 0 Å². The highest BCUT2D eigenvalue weighted by molar-refractivity contribution is 6.08. The lowest BCUT2D eigenvalue weighted by atomic mass is 10.0. The Balaban J connectivity index is 3.07. The van der Waals surface area contributed by atoms with Crippen LogP contribution in [0.15, 0.2) is 0 Å². The molecule has 0 N–H and O–H groups in total. The Hall–Kier alpha value is 0.0249. The predicted molar refractivity (Wildman–Crippen MR) is 43.7 cm³/mol. The highest BCUT2D eigenvalue weighted by Gasteiger charge is 2.07. The molecule has 0 saturated carbocycles. The zero-order valence-electron chi connectivity index (χ0n) is 7.03. The molecule has 0 radical (unpaired) electrons. The summed E-state index contributed by atoms with van der Waals surface area (Å²) in [4.78, 5) is 0. The third-order valence-electron chi connectivity index (χ3n) is 1.03. The Bertz CT molecular complexity index is 65.8. The van der Waals surface area contributed by atoms with Crippen LogP contribution in [0.3, 0.4) is 0 Å². The summed E-state index contributed by atoms with van der Waals surface area (Å²) in [7, 11) is 2.17. The van der Waals surface area contributed by atoms with Gasteiger partial charge in [-0.1, -0.05) is 6.32 Å². The molecule has 0 spiro atoms. The summed E-state index contributed by atoms with van der Waals surface area (Å²) in [5.74, 6) is 0. The van der Waals surface area contributed by atoms with Crippen molar-refractivity contribution in [1.82, 2.24) is 0 Å². The zero-order valence-corrected chi connectivity index (χ0v) is 7.03. The fraction of sp³-hybridized carbons (Fsp3) is 1.00. The van der Waals surface area contributed by atoms with Gasteiger partial charge in [0.15, 0.2) is 0 Å². The average molecular weight is 128 g/mol. The van der Waals surface area contributed by atoms with E-state index in [1.54, 1.807) is 0 Å². The van der Waals surface area contributed by atoms with Crippen LogP contribution in [0.1, 0.15) is 27.2 Å². The maximum atomic E-state index is 5.47. The number of ether oxygens (including phenoxy) is 1. The molecule has 54 valence electrons. The predicted octanol–water partition coefficient (Wildman–Crippen LogP) is 1.24. The van der Waals surface area contributed by atoms with Crippen molar-refractivity contribution in [1.29, 1.82) is 0 Å². The van der Waals surface area contributed by atoms with E-state index in [-0.39, 0.29) is 5.60 Å². The van der Waals surface area contributed by atoms with E-state index in [1.165, 1.54) is 12.7 Å². The average Bonchev–Trinajstić information content (AvgIpc) is 1.63. The molecule has 0 heterocycles. The summed E-state index contributed by atoms with van der Waals surface area (Å²) in [6, 6.07) is 0. The molecular formula is C7H17BO. The molecule has 0 aliphatic carbocycles. The Morgan fingerprint density at radius 2 is 1.89 bits per heavy atom. The van der Waals surface area contributed by atoms with E-state index < -0.39 is 0 Å². The minimum absolute atomic E-state index is 0.0508. The Kier molecular flexibility index (Phi) is 3.95. The Morgan fingerprint density at radius 3 is 2.22 bits per heavy atom. The summed E-state index contributed by atoms with van der Waals surface area (Å²) < 4.78 is 5.47. The van der Waals surface area contributed by atoms with E-state index in [0.29, 0.717) is 0 Å². The van der Waals surface area contributed by atoms with E-state index in [0.717, 1.165) is 6.61 Å². The van der Waals surface area contributed by atoms with Gasteiger partial charge in [-0.15, -0.1) is 0 Å². The van der Waals surface area contributed by atoms with Gasteiger partial charge in [0.2, 0.25) is 0 Å². The zero-order chi connectivity index (χ0) is 7.33. The van der Waals surface area contributed by atoms with E-state index in [4.69, 9.17) is 4.74 Å². The molecule has 0 bridgehead atoms. The standard InChI is InChI=1S/C7H17BO/c1-7(2,3)9-6-4-5-8/h4-6,8H2,1-3H3. The molecule has 0 aliphatic rings. The monoisotopic (exact) mass is 128 g/mol. The third-order valence-corrected chi connectivity index (χ3v) is 1.03. The van der Waals surface area contributed by atoms with Gasteiger partial charge in [0.25, 0.3) is 0 Å². The molecular weight excluding hydrogens is 111 g/mol. The normalized spacial score (nSPS) is 11.9. The van der Waals surface area contributed by atoms with Crippen LogP contribution < -0.4 is 0 Å². The molecule has 0 rings (SSSR count). The van der Waals surface area contributed by atoms with Crippen molar-refractivity contribution < 1.29 is 4.74 Å². The molecule has 2 heteroatoms. The maximum absolute atomic E-state index is 5.47. The second-order valence-corrected chi connectivity index (χ2v) is 3.31. The lowest BCUT2D eigenvalue weighted by Gasteiger charge is -2.18. The second kappa shape index (κ2) is 3.94. The third kappa shape index (κ3) is 8.02. The first-order valence-electron chi connectivity index (χ1n) is 3.70. The van der Waals surface area contributed by atoms with Crippen LogP contribution >= 0.6 is 0 Å². The Morgan fingerprint density at radius 1 is 1.33 bits per heavy atom. The van der Waals surface area contributed by atoms with Crippen molar-refractivity contribution in [2.24, 2.45) is 0 Å². The lowest BCUT2D eigenvalue weighted by Crippen LogP contribution is -2.19. The van der Waals surface area contributed by atoms with Gasteiger partial charge < -0.3 is 4.74 Å². The van der Waals surface area contributed by atoms with Crippen LogP contribution in [0.2, 0.25) is 6.32 Å². The maximum Gasteiger partial charge on any atom is 0.101 e. The number of rotatable bonds is 3. The van der Waals surface area contributed by atoms with Gasteiger partial charge in [0.05, 0.1) is 5.60 Å². The van der Waals surface area contributed by atoms with Crippen LogP contribution in [0.4, 0.5) is 0 Å². The van der Waals surface area contributed by atoms with Crippen LogP contribution in [0.5, 0.6) is 0 Å². The largest absolute Gasteiger partial charge is 0.376 e. The minimum Gasteiger partial charge on any atom is -0.376 e. The van der Waals surface area contributed by atoms with Gasteiger partial charge in [-0.25, -0.2) is 0 Å². The van der Waals surface area contributed by atoms with E-state index in [2.05, 4.69) is 28.6 Å². The van der Waals surface area contributed by atoms with Gasteiger partial charge >= 0.3 is 0 Å². The van der Waals surface area contributed by atoms with Gasteiger partial charge in [-0.05, 0) is 27.2 Å². The first-order chi connectivity index (χ1) is 4.06. The molecule has 0 aromatic heterocycles. The van der Waals surface area contributed by atoms with Crippen LogP contribution in [0, 0.1) is 0 Å². The summed E-state index contributed by atoms with van der Waals surface area (Å²) in [5, 5.41) is 0. The summed E-state index contributed by atoms with van der Waals surface area (Å²) in [5.41, 5.74) is 0.0508. The molecule has 0 fully saturated rings. The summed E-state index contributed by atoms with van der Waals surface area (Å²) in [6.07, 6.45) is 2.40. The van der Waals surface area contributed by atoms with Crippen LogP contribution in [0.25, 0.3) is 0 Å². The topological polar surface area (TPSA) is 9.23 Å². The van der Waals surface area contributed by atoms with Gasteiger partial charge in [-0.3, -0.25) is 0 Å². The first kappa shape index (κ1) is 9.02.